The van der Waals surface area contributed by atoms with Gasteiger partial charge in [0.05, 0.1) is 6.04 Å². The molecular weight excluding hydrogens is 272 g/mol. The maximum Gasteiger partial charge on any atom is 0.268 e. The summed E-state index contributed by atoms with van der Waals surface area (Å²) in [4.78, 5) is 27.5. The van der Waals surface area contributed by atoms with Crippen LogP contribution in [0.25, 0.3) is 0 Å². The molecular formula is C13H20N6O2. The summed E-state index contributed by atoms with van der Waals surface area (Å²) >= 11 is 0. The van der Waals surface area contributed by atoms with E-state index >= 15 is 0 Å². The second-order valence-corrected chi connectivity index (χ2v) is 5.49. The Labute approximate surface area is 123 Å². The molecule has 21 heavy (non-hydrogen) atoms. The average Bonchev–Trinajstić information content (AvgIpc) is 2.84. The van der Waals surface area contributed by atoms with Crippen LogP contribution in [0.5, 0.6) is 0 Å². The van der Waals surface area contributed by atoms with Crippen LogP contribution >= 0.6 is 0 Å². The highest BCUT2D eigenvalue weighted by Gasteiger charge is 2.24. The van der Waals surface area contributed by atoms with E-state index in [-0.39, 0.29) is 24.3 Å². The first-order valence-corrected chi connectivity index (χ1v) is 6.97. The second kappa shape index (κ2) is 6.47. The number of nitrogens with one attached hydrogen (secondary N) is 2. The number of aryl methyl sites for hydroxylation is 1. The normalized spacial score (nSPS) is 16.4. The summed E-state index contributed by atoms with van der Waals surface area (Å²) in [5, 5.41) is 10.8. The number of aromatic nitrogens is 3. The Kier molecular flexibility index (Phi) is 4.66. The van der Waals surface area contributed by atoms with Crippen LogP contribution in [-0.4, -0.2) is 32.3 Å². The maximum atomic E-state index is 12.3. The highest BCUT2D eigenvalue weighted by atomic mass is 16.2. The molecule has 8 heteroatoms. The Bertz CT molecular complexity index is 563. The molecule has 0 aliphatic carbocycles. The molecule has 0 unspecified atom stereocenters. The van der Waals surface area contributed by atoms with Gasteiger partial charge in [-0.3, -0.25) is 14.3 Å². The van der Waals surface area contributed by atoms with Crippen LogP contribution in [0, 0.1) is 5.92 Å². The van der Waals surface area contributed by atoms with Gasteiger partial charge in [0.25, 0.3) is 5.91 Å². The van der Waals surface area contributed by atoms with Crippen molar-refractivity contribution in [2.45, 2.75) is 39.2 Å². The Morgan fingerprint density at radius 2 is 2.24 bits per heavy atom. The Balaban J connectivity index is 2.10. The third-order valence-corrected chi connectivity index (χ3v) is 3.24. The van der Waals surface area contributed by atoms with Crippen LogP contribution in [0.1, 0.15) is 45.0 Å². The van der Waals surface area contributed by atoms with Crippen LogP contribution in [0.4, 0.5) is 0 Å². The molecule has 1 atom stereocenters. The van der Waals surface area contributed by atoms with Crippen molar-refractivity contribution in [3.63, 3.8) is 0 Å². The van der Waals surface area contributed by atoms with Crippen molar-refractivity contribution in [1.29, 1.82) is 0 Å². The third kappa shape index (κ3) is 3.87. The fourth-order valence-electron chi connectivity index (χ4n) is 2.20. The summed E-state index contributed by atoms with van der Waals surface area (Å²) in [6.45, 7) is 4.15. The van der Waals surface area contributed by atoms with Gasteiger partial charge in [0.2, 0.25) is 5.91 Å². The van der Waals surface area contributed by atoms with E-state index in [1.54, 1.807) is 11.7 Å². The minimum absolute atomic E-state index is 0.168. The molecule has 0 aromatic carbocycles. The Morgan fingerprint density at radius 1 is 1.48 bits per heavy atom. The predicted molar refractivity (Wildman–Crippen MR) is 76.2 cm³/mol. The van der Waals surface area contributed by atoms with E-state index in [1.807, 2.05) is 0 Å². The molecule has 1 aromatic rings. The first-order chi connectivity index (χ1) is 9.97. The van der Waals surface area contributed by atoms with Gasteiger partial charge < -0.3 is 5.32 Å². The average molecular weight is 292 g/mol. The molecule has 2 rings (SSSR count). The van der Waals surface area contributed by atoms with Gasteiger partial charge >= 0.3 is 0 Å². The molecule has 8 nitrogen and oxygen atoms in total. The van der Waals surface area contributed by atoms with Crippen LogP contribution in [-0.2, 0) is 16.6 Å². The first-order valence-electron chi connectivity index (χ1n) is 6.97. The summed E-state index contributed by atoms with van der Waals surface area (Å²) in [7, 11) is 1.79. The lowest BCUT2D eigenvalue weighted by Gasteiger charge is -2.21. The summed E-state index contributed by atoms with van der Waals surface area (Å²) in [5.41, 5.74) is 2.67. The zero-order valence-electron chi connectivity index (χ0n) is 12.5. The molecule has 1 aliphatic rings. The van der Waals surface area contributed by atoms with Gasteiger partial charge in [-0.15, -0.1) is 0 Å². The number of hydrazone groups is 1. The highest BCUT2D eigenvalue weighted by molar-refractivity contribution is 6.39. The minimum Gasteiger partial charge on any atom is -0.341 e. The summed E-state index contributed by atoms with van der Waals surface area (Å²) < 4.78 is 1.65. The standard InChI is InChI=1S/C13H20N6O2/c1-8(2)6-10(12-14-7-15-19(12)3)16-13(21)9-4-5-11(20)18-17-9/h7-8,10H,4-6H2,1-3H3,(H,16,21)(H,18,20)/t10-/m1/s1. The van der Waals surface area contributed by atoms with Crippen molar-refractivity contribution >= 4 is 17.5 Å². The van der Waals surface area contributed by atoms with Gasteiger partial charge in [-0.2, -0.15) is 10.2 Å². The maximum absolute atomic E-state index is 12.3. The van der Waals surface area contributed by atoms with E-state index in [0.29, 0.717) is 23.9 Å². The molecule has 0 bridgehead atoms. The van der Waals surface area contributed by atoms with Gasteiger partial charge in [0.1, 0.15) is 17.9 Å². The van der Waals surface area contributed by atoms with Crippen molar-refractivity contribution < 1.29 is 9.59 Å². The van der Waals surface area contributed by atoms with E-state index in [9.17, 15) is 9.59 Å². The van der Waals surface area contributed by atoms with E-state index < -0.39 is 0 Å². The molecule has 114 valence electrons. The van der Waals surface area contributed by atoms with Crippen LogP contribution < -0.4 is 10.7 Å². The largest absolute Gasteiger partial charge is 0.341 e. The molecule has 1 aromatic heterocycles. The summed E-state index contributed by atoms with van der Waals surface area (Å²) in [5.74, 6) is 0.653. The van der Waals surface area contributed by atoms with E-state index in [1.165, 1.54) is 6.33 Å². The number of nitrogens with zero attached hydrogens (tertiary/aromatic N) is 4. The molecule has 2 N–H and O–H groups in total. The highest BCUT2D eigenvalue weighted by Crippen LogP contribution is 2.19. The smallest absolute Gasteiger partial charge is 0.268 e. The van der Waals surface area contributed by atoms with Gasteiger partial charge in [-0.05, 0) is 12.3 Å². The van der Waals surface area contributed by atoms with Gasteiger partial charge in [-0.1, -0.05) is 13.8 Å². The molecule has 0 spiro atoms. The minimum atomic E-state index is -0.274. The van der Waals surface area contributed by atoms with Crippen molar-refractivity contribution in [2.75, 3.05) is 0 Å². The van der Waals surface area contributed by atoms with Crippen molar-refractivity contribution in [3.05, 3.63) is 12.2 Å². The molecule has 0 radical (unpaired) electrons. The molecule has 2 heterocycles. The lowest BCUT2D eigenvalue weighted by atomic mass is 10.0. The lowest BCUT2D eigenvalue weighted by Crippen LogP contribution is -2.39. The first kappa shape index (κ1) is 15.1. The van der Waals surface area contributed by atoms with Crippen molar-refractivity contribution in [1.82, 2.24) is 25.5 Å². The quantitative estimate of drug-likeness (QED) is 0.814. The molecule has 0 saturated carbocycles. The SMILES string of the molecule is CC(C)C[C@@H](NC(=O)C1=NNC(=O)CC1)c1ncnn1C. The van der Waals surface area contributed by atoms with E-state index in [4.69, 9.17) is 0 Å². The fraction of sp³-hybridized carbons (Fsp3) is 0.615. The third-order valence-electron chi connectivity index (χ3n) is 3.24. The van der Waals surface area contributed by atoms with E-state index in [2.05, 4.69) is 39.8 Å². The van der Waals surface area contributed by atoms with Gasteiger partial charge in [0.15, 0.2) is 0 Å². The molecule has 0 fully saturated rings. The van der Waals surface area contributed by atoms with Crippen LogP contribution in [0.15, 0.2) is 11.4 Å². The number of hydrogen-bond donors (Lipinski definition) is 2. The van der Waals surface area contributed by atoms with Crippen molar-refractivity contribution in [3.8, 4) is 0 Å². The monoisotopic (exact) mass is 292 g/mol. The number of carbonyl (C=O) groups excluding carboxylic acids is 2. The zero-order valence-corrected chi connectivity index (χ0v) is 12.5. The molecule has 0 saturated heterocycles. The lowest BCUT2D eigenvalue weighted by molar-refractivity contribution is -0.121. The van der Waals surface area contributed by atoms with Gasteiger partial charge in [0, 0.05) is 19.9 Å². The van der Waals surface area contributed by atoms with Crippen molar-refractivity contribution in [2.24, 2.45) is 18.1 Å². The molecule has 2 amide bonds. The topological polar surface area (TPSA) is 101 Å². The second-order valence-electron chi connectivity index (χ2n) is 5.49. The summed E-state index contributed by atoms with van der Waals surface area (Å²) in [6.07, 6.45) is 2.85. The Hall–Kier alpha value is -2.25. The number of amides is 2. The molecule has 1 aliphatic heterocycles. The Morgan fingerprint density at radius 3 is 2.76 bits per heavy atom. The number of hydrogen-bond acceptors (Lipinski definition) is 5. The number of rotatable bonds is 5. The number of carbonyl (C=O) groups is 2. The zero-order chi connectivity index (χ0) is 15.4. The van der Waals surface area contributed by atoms with Crippen LogP contribution in [0.2, 0.25) is 0 Å². The summed E-state index contributed by atoms with van der Waals surface area (Å²) in [6, 6.07) is -0.231. The van der Waals surface area contributed by atoms with Gasteiger partial charge in [-0.25, -0.2) is 10.4 Å². The fourth-order valence-corrected chi connectivity index (χ4v) is 2.20. The van der Waals surface area contributed by atoms with Crippen LogP contribution in [0.3, 0.4) is 0 Å². The van der Waals surface area contributed by atoms with E-state index in [0.717, 1.165) is 6.42 Å². The predicted octanol–water partition coefficient (Wildman–Crippen LogP) is 0.284.